The molecule has 0 radical (unpaired) electrons. The van der Waals surface area contributed by atoms with Gasteiger partial charge in [-0.2, -0.15) is 0 Å². The number of hydrogen-bond donors (Lipinski definition) is 1. The third kappa shape index (κ3) is 6.64. The lowest BCUT2D eigenvalue weighted by Crippen LogP contribution is -2.51. The summed E-state index contributed by atoms with van der Waals surface area (Å²) >= 11 is 5.90. The van der Waals surface area contributed by atoms with Crippen LogP contribution >= 0.6 is 11.6 Å². The molecule has 174 valence electrons. The van der Waals surface area contributed by atoms with Crippen LogP contribution in [0.15, 0.2) is 42.5 Å². The Hall–Kier alpha value is -2.72. The van der Waals surface area contributed by atoms with E-state index in [1.165, 1.54) is 11.8 Å². The molecule has 0 fully saturated rings. The first kappa shape index (κ1) is 25.5. The Balaban J connectivity index is 2.39. The van der Waals surface area contributed by atoms with Crippen LogP contribution in [0, 0.1) is 11.6 Å². The van der Waals surface area contributed by atoms with E-state index in [0.717, 1.165) is 18.4 Å². The van der Waals surface area contributed by atoms with Gasteiger partial charge in [0.25, 0.3) is 0 Å². The minimum Gasteiger partial charge on any atom is -0.355 e. The average Bonchev–Trinajstić information content (AvgIpc) is 2.72. The molecular weight excluding hydrogens is 464 g/mol. The summed E-state index contributed by atoms with van der Waals surface area (Å²) in [7, 11) is -4.03. The number of amides is 2. The van der Waals surface area contributed by atoms with Crippen molar-refractivity contribution in [2.45, 2.75) is 26.4 Å². The van der Waals surface area contributed by atoms with Crippen LogP contribution in [0.1, 0.15) is 19.4 Å². The van der Waals surface area contributed by atoms with Crippen molar-refractivity contribution in [2.24, 2.45) is 0 Å². The Morgan fingerprint density at radius 2 is 1.72 bits per heavy atom. The zero-order valence-electron chi connectivity index (χ0n) is 17.8. The average molecular weight is 488 g/mol. The number of nitrogens with zero attached hydrogens (tertiary/aromatic N) is 2. The predicted octanol–water partition coefficient (Wildman–Crippen LogP) is 2.94. The number of hydrogen-bond acceptors (Lipinski definition) is 4. The summed E-state index contributed by atoms with van der Waals surface area (Å²) in [6, 6.07) is 8.21. The number of carbonyl (C=O) groups is 2. The molecule has 0 spiro atoms. The Morgan fingerprint density at radius 3 is 2.25 bits per heavy atom. The molecule has 0 aromatic heterocycles. The van der Waals surface area contributed by atoms with E-state index >= 15 is 0 Å². The largest absolute Gasteiger partial charge is 0.355 e. The van der Waals surface area contributed by atoms with Crippen molar-refractivity contribution in [3.8, 4) is 0 Å². The van der Waals surface area contributed by atoms with E-state index in [4.69, 9.17) is 11.6 Å². The van der Waals surface area contributed by atoms with Crippen LogP contribution < -0.4 is 9.62 Å². The highest BCUT2D eigenvalue weighted by Crippen LogP contribution is 2.22. The van der Waals surface area contributed by atoms with Gasteiger partial charge in [0.15, 0.2) is 11.6 Å². The maximum atomic E-state index is 13.7. The predicted molar refractivity (Wildman–Crippen MR) is 119 cm³/mol. The Bertz CT molecular complexity index is 1080. The number of likely N-dealkylation sites (N-methyl/N-ethyl adjacent to an activating group) is 1. The summed E-state index contributed by atoms with van der Waals surface area (Å²) in [6.07, 6.45) is 0.846. The van der Waals surface area contributed by atoms with Crippen LogP contribution in [0.3, 0.4) is 0 Å². The molecule has 2 rings (SSSR count). The maximum absolute atomic E-state index is 13.7. The highest BCUT2D eigenvalue weighted by Gasteiger charge is 2.30. The van der Waals surface area contributed by atoms with Crippen molar-refractivity contribution in [1.82, 2.24) is 10.2 Å². The third-order valence-corrected chi connectivity index (χ3v) is 6.05. The van der Waals surface area contributed by atoms with E-state index in [-0.39, 0.29) is 12.2 Å². The van der Waals surface area contributed by atoms with Gasteiger partial charge in [-0.25, -0.2) is 17.2 Å². The number of anilines is 1. The maximum Gasteiger partial charge on any atom is 0.244 e. The fourth-order valence-corrected chi connectivity index (χ4v) is 3.91. The highest BCUT2D eigenvalue weighted by molar-refractivity contribution is 7.92. The first-order valence-electron chi connectivity index (χ1n) is 9.68. The van der Waals surface area contributed by atoms with E-state index < -0.39 is 46.1 Å². The molecule has 7 nitrogen and oxygen atoms in total. The number of sulfonamides is 1. The Morgan fingerprint density at radius 1 is 1.09 bits per heavy atom. The van der Waals surface area contributed by atoms with Gasteiger partial charge in [-0.05, 0) is 43.7 Å². The van der Waals surface area contributed by atoms with Crippen molar-refractivity contribution in [1.29, 1.82) is 0 Å². The van der Waals surface area contributed by atoms with Gasteiger partial charge in [0.1, 0.15) is 12.6 Å². The standard InChI is InChI=1S/C21H24ClF2N3O4S/c1-4-25-21(29)14(2)26(12-15-5-7-16(22)8-6-15)20(28)13-27(32(3,30)31)17-9-10-18(23)19(24)11-17/h5-11,14H,4,12-13H2,1-3H3,(H,25,29)/t14-/m1/s1. The lowest BCUT2D eigenvalue weighted by atomic mass is 10.1. The summed E-state index contributed by atoms with van der Waals surface area (Å²) in [5.41, 5.74) is 0.453. The molecule has 0 bridgehead atoms. The summed E-state index contributed by atoms with van der Waals surface area (Å²) in [4.78, 5) is 26.8. The van der Waals surface area contributed by atoms with Crippen LogP contribution in [0.2, 0.25) is 5.02 Å². The normalized spacial score (nSPS) is 12.2. The quantitative estimate of drug-likeness (QED) is 0.589. The van der Waals surface area contributed by atoms with Gasteiger partial charge in [-0.3, -0.25) is 13.9 Å². The number of carbonyl (C=O) groups excluding carboxylic acids is 2. The minimum absolute atomic E-state index is 0.00365. The molecule has 0 saturated carbocycles. The van der Waals surface area contributed by atoms with Gasteiger partial charge in [0.2, 0.25) is 21.8 Å². The second-order valence-electron chi connectivity index (χ2n) is 7.09. The van der Waals surface area contributed by atoms with Gasteiger partial charge in [-0.1, -0.05) is 23.7 Å². The lowest BCUT2D eigenvalue weighted by Gasteiger charge is -2.31. The van der Waals surface area contributed by atoms with Crippen LogP contribution in [0.25, 0.3) is 0 Å². The van der Waals surface area contributed by atoms with E-state index in [1.54, 1.807) is 31.2 Å². The van der Waals surface area contributed by atoms with Crippen LogP contribution in [-0.2, 0) is 26.2 Å². The van der Waals surface area contributed by atoms with Crippen LogP contribution in [0.4, 0.5) is 14.5 Å². The molecule has 0 aliphatic carbocycles. The monoisotopic (exact) mass is 487 g/mol. The van der Waals surface area contributed by atoms with E-state index in [2.05, 4.69) is 5.32 Å². The topological polar surface area (TPSA) is 86.8 Å². The molecule has 2 aromatic carbocycles. The molecule has 2 aromatic rings. The SMILES string of the molecule is CCNC(=O)[C@@H](C)N(Cc1ccc(Cl)cc1)C(=O)CN(c1ccc(F)c(F)c1)S(C)(=O)=O. The van der Waals surface area contributed by atoms with Crippen molar-refractivity contribution in [3.63, 3.8) is 0 Å². The molecule has 1 atom stereocenters. The lowest BCUT2D eigenvalue weighted by molar-refractivity contribution is -0.139. The van der Waals surface area contributed by atoms with E-state index in [0.29, 0.717) is 27.5 Å². The van der Waals surface area contributed by atoms with E-state index in [1.807, 2.05) is 0 Å². The number of halogens is 3. The minimum atomic E-state index is -4.03. The van der Waals surface area contributed by atoms with Gasteiger partial charge >= 0.3 is 0 Å². The molecular formula is C21H24ClF2N3O4S. The molecule has 0 aliphatic rings. The number of nitrogens with one attached hydrogen (secondary N) is 1. The molecule has 0 unspecified atom stereocenters. The van der Waals surface area contributed by atoms with Gasteiger partial charge < -0.3 is 10.2 Å². The van der Waals surface area contributed by atoms with Crippen LogP contribution in [0.5, 0.6) is 0 Å². The number of rotatable bonds is 9. The fourth-order valence-electron chi connectivity index (χ4n) is 2.94. The summed E-state index contributed by atoms with van der Waals surface area (Å²) in [5.74, 6) is -3.53. The number of benzene rings is 2. The zero-order valence-corrected chi connectivity index (χ0v) is 19.4. The molecule has 11 heteroatoms. The van der Waals surface area contributed by atoms with E-state index in [9.17, 15) is 26.8 Å². The molecule has 32 heavy (non-hydrogen) atoms. The molecule has 1 N–H and O–H groups in total. The van der Waals surface area contributed by atoms with Gasteiger partial charge in [0.05, 0.1) is 11.9 Å². The summed E-state index contributed by atoms with van der Waals surface area (Å²) in [6.45, 7) is 2.88. The molecule has 0 aliphatic heterocycles. The van der Waals surface area contributed by atoms with Crippen molar-refractivity contribution < 1.29 is 26.8 Å². The van der Waals surface area contributed by atoms with Crippen molar-refractivity contribution >= 4 is 39.1 Å². The van der Waals surface area contributed by atoms with Crippen molar-refractivity contribution in [2.75, 3.05) is 23.7 Å². The zero-order chi connectivity index (χ0) is 24.1. The third-order valence-electron chi connectivity index (χ3n) is 4.65. The smallest absolute Gasteiger partial charge is 0.244 e. The second-order valence-corrected chi connectivity index (χ2v) is 9.43. The Kier molecular flexibility index (Phi) is 8.57. The van der Waals surface area contributed by atoms with Gasteiger partial charge in [-0.15, -0.1) is 0 Å². The molecule has 0 heterocycles. The first-order valence-corrected chi connectivity index (χ1v) is 11.9. The highest BCUT2D eigenvalue weighted by atomic mass is 35.5. The first-order chi connectivity index (χ1) is 14.9. The van der Waals surface area contributed by atoms with Crippen molar-refractivity contribution in [3.05, 3.63) is 64.7 Å². The van der Waals surface area contributed by atoms with Gasteiger partial charge in [0, 0.05) is 24.2 Å². The van der Waals surface area contributed by atoms with Crippen LogP contribution in [-0.4, -0.2) is 50.5 Å². The second kappa shape index (κ2) is 10.7. The fraction of sp³-hybridized carbons (Fsp3) is 0.333. The Labute approximate surface area is 191 Å². The molecule has 2 amide bonds. The molecule has 0 saturated heterocycles. The summed E-state index contributed by atoms with van der Waals surface area (Å²) < 4.78 is 52.4. The summed E-state index contributed by atoms with van der Waals surface area (Å²) in [5, 5.41) is 3.12.